The van der Waals surface area contributed by atoms with Crippen LogP contribution in [0.3, 0.4) is 0 Å². The largest absolute Gasteiger partial charge is 0.348 e. The van der Waals surface area contributed by atoms with Crippen LogP contribution in [0.1, 0.15) is 38.1 Å². The molecule has 4 nitrogen and oxygen atoms in total. The second-order valence-corrected chi connectivity index (χ2v) is 4.75. The molecule has 1 N–H and O–H groups in total. The Morgan fingerprint density at radius 1 is 1.37 bits per heavy atom. The molecule has 104 valence electrons. The first kappa shape index (κ1) is 15.6. The molecule has 1 rings (SSSR count). The van der Waals surface area contributed by atoms with Gasteiger partial charge in [0.2, 0.25) is 0 Å². The Morgan fingerprint density at radius 2 is 2.05 bits per heavy atom. The molecule has 1 heterocycles. The molecule has 1 aromatic heterocycles. The molecule has 1 aromatic rings. The molecule has 0 aromatic carbocycles. The molecule has 0 atom stereocenters. The maximum Gasteiger partial charge on any atom is 0.189 e. The first-order valence-electron chi connectivity index (χ1n) is 6.69. The first-order valence-corrected chi connectivity index (χ1v) is 7.09. The van der Waals surface area contributed by atoms with Crippen LogP contribution in [0.25, 0.3) is 0 Å². The van der Waals surface area contributed by atoms with Gasteiger partial charge in [-0.1, -0.05) is 19.9 Å². The van der Waals surface area contributed by atoms with Crippen molar-refractivity contribution in [1.29, 1.82) is 0 Å². The lowest BCUT2D eigenvalue weighted by Gasteiger charge is -2.23. The van der Waals surface area contributed by atoms with Gasteiger partial charge in [0, 0.05) is 18.8 Å². The predicted octanol–water partition coefficient (Wildman–Crippen LogP) is 2.72. The minimum atomic E-state index is 0.674. The summed E-state index contributed by atoms with van der Waals surface area (Å²) < 4.78 is 0. The van der Waals surface area contributed by atoms with Crippen LogP contribution in [0.4, 0.5) is 0 Å². The zero-order valence-corrected chi connectivity index (χ0v) is 12.7. The highest BCUT2D eigenvalue weighted by atomic mass is 32.1. The second kappa shape index (κ2) is 8.58. The van der Waals surface area contributed by atoms with Crippen LogP contribution < -0.4 is 5.43 Å². The molecule has 0 aliphatic carbocycles. The van der Waals surface area contributed by atoms with Crippen molar-refractivity contribution in [2.24, 2.45) is 5.10 Å². The van der Waals surface area contributed by atoms with Gasteiger partial charge < -0.3 is 4.90 Å². The van der Waals surface area contributed by atoms with E-state index in [9.17, 15) is 0 Å². The van der Waals surface area contributed by atoms with Crippen molar-refractivity contribution in [3.8, 4) is 0 Å². The summed E-state index contributed by atoms with van der Waals surface area (Å²) in [5.74, 6) is 0. The third-order valence-electron chi connectivity index (χ3n) is 2.54. The van der Waals surface area contributed by atoms with Crippen molar-refractivity contribution in [2.75, 3.05) is 13.1 Å². The van der Waals surface area contributed by atoms with Crippen LogP contribution in [0.15, 0.2) is 23.3 Å². The average molecular weight is 278 g/mol. The average Bonchev–Trinajstić information content (AvgIpc) is 2.38. The van der Waals surface area contributed by atoms with E-state index >= 15 is 0 Å². The van der Waals surface area contributed by atoms with Crippen LogP contribution in [-0.4, -0.2) is 34.3 Å². The Bertz CT molecular complexity index is 425. The number of thiocarbonyl (C=S) groups is 1. The van der Waals surface area contributed by atoms with Gasteiger partial charge in [-0.3, -0.25) is 10.4 Å². The van der Waals surface area contributed by atoms with Gasteiger partial charge in [-0.25, -0.2) is 0 Å². The summed E-state index contributed by atoms with van der Waals surface area (Å²) in [4.78, 5) is 6.48. The summed E-state index contributed by atoms with van der Waals surface area (Å²) in [6, 6.07) is 5.83. The highest BCUT2D eigenvalue weighted by molar-refractivity contribution is 7.80. The van der Waals surface area contributed by atoms with Gasteiger partial charge >= 0.3 is 0 Å². The number of nitrogens with zero attached hydrogens (tertiary/aromatic N) is 3. The van der Waals surface area contributed by atoms with E-state index in [1.165, 1.54) is 0 Å². The smallest absolute Gasteiger partial charge is 0.189 e. The monoisotopic (exact) mass is 278 g/mol. The fourth-order valence-corrected chi connectivity index (χ4v) is 1.95. The number of nitrogens with one attached hydrogen (secondary N) is 1. The third-order valence-corrected chi connectivity index (χ3v) is 2.89. The van der Waals surface area contributed by atoms with Gasteiger partial charge in [-0.2, -0.15) is 5.10 Å². The highest BCUT2D eigenvalue weighted by Crippen LogP contribution is 1.97. The van der Waals surface area contributed by atoms with Gasteiger partial charge in [-0.05, 0) is 44.1 Å². The van der Waals surface area contributed by atoms with E-state index in [4.69, 9.17) is 12.2 Å². The number of aromatic nitrogens is 1. The fraction of sp³-hybridized carbons (Fsp3) is 0.500. The zero-order valence-electron chi connectivity index (χ0n) is 11.9. The maximum atomic E-state index is 5.33. The fourth-order valence-electron chi connectivity index (χ4n) is 1.72. The Hall–Kier alpha value is -1.49. The standard InChI is InChI=1S/C14H22N4S/c1-4-9-18(10-5-2)14(19)17-15-11-13-8-6-7-12(3)16-13/h6-8,11H,4-5,9-10H2,1-3H3,(H,17,19)/b15-11+. The second-order valence-electron chi connectivity index (χ2n) is 4.37. The SMILES string of the molecule is CCCN(CCC)C(=S)N/N=C/c1cccc(C)n1. The van der Waals surface area contributed by atoms with Gasteiger partial charge in [0.25, 0.3) is 0 Å². The van der Waals surface area contributed by atoms with E-state index in [-0.39, 0.29) is 0 Å². The Morgan fingerprint density at radius 3 is 2.63 bits per heavy atom. The Balaban J connectivity index is 2.52. The Kier molecular flexibility index (Phi) is 7.03. The van der Waals surface area contributed by atoms with Crippen molar-refractivity contribution in [3.63, 3.8) is 0 Å². The molecule has 0 aliphatic heterocycles. The number of hydrogen-bond donors (Lipinski definition) is 1. The summed E-state index contributed by atoms with van der Waals surface area (Å²) >= 11 is 5.33. The predicted molar refractivity (Wildman–Crippen MR) is 84.5 cm³/mol. The molecular formula is C14H22N4S. The summed E-state index contributed by atoms with van der Waals surface area (Å²) in [5, 5.41) is 4.82. The van der Waals surface area contributed by atoms with Crippen molar-refractivity contribution >= 4 is 23.5 Å². The van der Waals surface area contributed by atoms with E-state index in [2.05, 4.69) is 34.3 Å². The van der Waals surface area contributed by atoms with Crippen LogP contribution >= 0.6 is 12.2 Å². The van der Waals surface area contributed by atoms with Gasteiger partial charge in [0.15, 0.2) is 5.11 Å². The van der Waals surface area contributed by atoms with Crippen LogP contribution in [0, 0.1) is 6.92 Å². The van der Waals surface area contributed by atoms with Crippen molar-refractivity contribution in [3.05, 3.63) is 29.6 Å². The number of pyridine rings is 1. The molecule has 0 unspecified atom stereocenters. The molecule has 0 aliphatic rings. The van der Waals surface area contributed by atoms with E-state index in [1.54, 1.807) is 6.21 Å². The van der Waals surface area contributed by atoms with E-state index in [0.717, 1.165) is 37.3 Å². The summed E-state index contributed by atoms with van der Waals surface area (Å²) in [6.45, 7) is 8.16. The molecule has 0 saturated carbocycles. The number of hydrazone groups is 1. The lowest BCUT2D eigenvalue weighted by atomic mass is 10.3. The normalized spacial score (nSPS) is 10.7. The molecule has 0 amide bonds. The highest BCUT2D eigenvalue weighted by Gasteiger charge is 2.05. The Labute approximate surface area is 120 Å². The first-order chi connectivity index (χ1) is 9.17. The van der Waals surface area contributed by atoms with Crippen molar-refractivity contribution in [2.45, 2.75) is 33.6 Å². The van der Waals surface area contributed by atoms with Crippen LogP contribution in [-0.2, 0) is 0 Å². The van der Waals surface area contributed by atoms with Crippen molar-refractivity contribution in [1.82, 2.24) is 15.3 Å². The minimum Gasteiger partial charge on any atom is -0.348 e. The molecule has 0 fully saturated rings. The molecular weight excluding hydrogens is 256 g/mol. The summed E-state index contributed by atoms with van der Waals surface area (Å²) in [7, 11) is 0. The number of aryl methyl sites for hydroxylation is 1. The molecule has 19 heavy (non-hydrogen) atoms. The van der Waals surface area contributed by atoms with E-state index in [1.807, 2.05) is 25.1 Å². The van der Waals surface area contributed by atoms with Gasteiger partial charge in [0.05, 0.1) is 11.9 Å². The van der Waals surface area contributed by atoms with Crippen LogP contribution in [0.5, 0.6) is 0 Å². The number of hydrogen-bond acceptors (Lipinski definition) is 3. The van der Waals surface area contributed by atoms with E-state index in [0.29, 0.717) is 5.11 Å². The minimum absolute atomic E-state index is 0.674. The van der Waals surface area contributed by atoms with Crippen LogP contribution in [0.2, 0.25) is 0 Å². The lowest BCUT2D eigenvalue weighted by molar-refractivity contribution is 0.411. The van der Waals surface area contributed by atoms with Gasteiger partial charge in [0.1, 0.15) is 0 Å². The van der Waals surface area contributed by atoms with Gasteiger partial charge in [-0.15, -0.1) is 0 Å². The lowest BCUT2D eigenvalue weighted by Crippen LogP contribution is -2.38. The van der Waals surface area contributed by atoms with Crippen molar-refractivity contribution < 1.29 is 0 Å². The summed E-state index contributed by atoms with van der Waals surface area (Å²) in [6.07, 6.45) is 3.84. The molecule has 0 saturated heterocycles. The zero-order chi connectivity index (χ0) is 14.1. The summed E-state index contributed by atoms with van der Waals surface area (Å²) in [5.41, 5.74) is 4.71. The molecule has 0 bridgehead atoms. The molecule has 0 spiro atoms. The maximum absolute atomic E-state index is 5.33. The quantitative estimate of drug-likeness (QED) is 0.493. The molecule has 5 heteroatoms. The molecule has 0 radical (unpaired) electrons. The third kappa shape index (κ3) is 5.79. The van der Waals surface area contributed by atoms with E-state index < -0.39 is 0 Å². The number of rotatable bonds is 6. The topological polar surface area (TPSA) is 40.5 Å².